The molecule has 0 amide bonds. The molecule has 35 heavy (non-hydrogen) atoms. The lowest BCUT2D eigenvalue weighted by molar-refractivity contribution is -0.144. The molecular formula is C26H28ClNO6S. The minimum atomic E-state index is -4.14. The number of nitrogens with zero attached hydrogens (tertiary/aromatic N) is 1. The van der Waals surface area contributed by atoms with Crippen molar-refractivity contribution in [1.29, 1.82) is 0 Å². The van der Waals surface area contributed by atoms with E-state index in [9.17, 15) is 18.0 Å². The summed E-state index contributed by atoms with van der Waals surface area (Å²) < 4.78 is 37.9. The highest BCUT2D eigenvalue weighted by Crippen LogP contribution is 2.45. The SMILES string of the molecule is COC(=O)C(C)(C1Cc2c(n(C(=O)OC(C)(C)C)c3ccc(Cl)cc23)C1)S(=O)(=O)c1ccccc1. The summed E-state index contributed by atoms with van der Waals surface area (Å²) >= 11 is 6.27. The number of carbonyl (C=O) groups excluding carboxylic acids is 2. The van der Waals surface area contributed by atoms with Crippen molar-refractivity contribution in [2.24, 2.45) is 5.92 Å². The van der Waals surface area contributed by atoms with Gasteiger partial charge in [0.25, 0.3) is 0 Å². The first-order valence-electron chi connectivity index (χ1n) is 11.2. The molecule has 0 bridgehead atoms. The normalized spacial score (nSPS) is 17.6. The van der Waals surface area contributed by atoms with Gasteiger partial charge in [-0.1, -0.05) is 29.8 Å². The number of esters is 1. The van der Waals surface area contributed by atoms with E-state index in [0.29, 0.717) is 16.2 Å². The van der Waals surface area contributed by atoms with Crippen LogP contribution in [0.3, 0.4) is 0 Å². The highest BCUT2D eigenvalue weighted by molar-refractivity contribution is 7.93. The Balaban J connectivity index is 1.88. The first-order valence-corrected chi connectivity index (χ1v) is 13.1. The molecule has 9 heteroatoms. The third kappa shape index (κ3) is 4.12. The smallest absolute Gasteiger partial charge is 0.419 e. The molecule has 0 saturated carbocycles. The summed E-state index contributed by atoms with van der Waals surface area (Å²) in [5.41, 5.74) is 1.27. The van der Waals surface area contributed by atoms with Crippen LogP contribution in [0.25, 0.3) is 10.9 Å². The van der Waals surface area contributed by atoms with E-state index in [1.54, 1.807) is 57.2 Å². The van der Waals surface area contributed by atoms with Gasteiger partial charge in [0.2, 0.25) is 0 Å². The molecule has 2 atom stereocenters. The second kappa shape index (κ2) is 8.68. The number of sulfone groups is 1. The first kappa shape index (κ1) is 25.3. The number of benzene rings is 2. The average molecular weight is 518 g/mol. The van der Waals surface area contributed by atoms with Crippen LogP contribution in [0, 0.1) is 5.92 Å². The molecule has 0 spiro atoms. The van der Waals surface area contributed by atoms with Gasteiger partial charge in [-0.2, -0.15) is 0 Å². The van der Waals surface area contributed by atoms with Crippen molar-refractivity contribution in [1.82, 2.24) is 4.57 Å². The zero-order valence-electron chi connectivity index (χ0n) is 20.3. The second-order valence-corrected chi connectivity index (χ2v) is 12.7. The molecule has 186 valence electrons. The van der Waals surface area contributed by atoms with Crippen molar-refractivity contribution in [3.63, 3.8) is 0 Å². The third-order valence-corrected chi connectivity index (χ3v) is 9.34. The van der Waals surface area contributed by atoms with Gasteiger partial charge in [-0.05, 0) is 82.3 Å². The van der Waals surface area contributed by atoms with Crippen LogP contribution in [-0.4, -0.2) is 42.5 Å². The molecule has 2 unspecified atom stereocenters. The number of halogens is 1. The van der Waals surface area contributed by atoms with Gasteiger partial charge in [-0.15, -0.1) is 0 Å². The predicted octanol–water partition coefficient (Wildman–Crippen LogP) is 5.20. The van der Waals surface area contributed by atoms with Crippen LogP contribution in [0.1, 0.15) is 39.0 Å². The molecule has 0 radical (unpaired) electrons. The monoisotopic (exact) mass is 517 g/mol. The lowest BCUT2D eigenvalue weighted by Crippen LogP contribution is -2.51. The summed E-state index contributed by atoms with van der Waals surface area (Å²) in [7, 11) is -2.96. The molecule has 1 aliphatic carbocycles. The molecule has 7 nitrogen and oxygen atoms in total. The number of aromatic nitrogens is 1. The molecule has 4 rings (SSSR count). The summed E-state index contributed by atoms with van der Waals surface area (Å²) in [5.74, 6) is -1.52. The van der Waals surface area contributed by atoms with Crippen molar-refractivity contribution in [3.8, 4) is 0 Å². The van der Waals surface area contributed by atoms with E-state index in [1.165, 1.54) is 30.7 Å². The number of hydrogen-bond donors (Lipinski definition) is 0. The highest BCUT2D eigenvalue weighted by atomic mass is 35.5. The Morgan fingerprint density at radius 3 is 2.29 bits per heavy atom. The van der Waals surface area contributed by atoms with Crippen molar-refractivity contribution in [3.05, 3.63) is 64.8 Å². The summed E-state index contributed by atoms with van der Waals surface area (Å²) in [6, 6.07) is 13.0. The van der Waals surface area contributed by atoms with E-state index in [4.69, 9.17) is 21.1 Å². The lowest BCUT2D eigenvalue weighted by Gasteiger charge is -2.32. The van der Waals surface area contributed by atoms with Gasteiger partial charge in [0.1, 0.15) is 5.60 Å². The van der Waals surface area contributed by atoms with Crippen LogP contribution in [0.4, 0.5) is 4.79 Å². The van der Waals surface area contributed by atoms with Crippen LogP contribution in [0.5, 0.6) is 0 Å². The molecule has 3 aromatic rings. The van der Waals surface area contributed by atoms with Crippen LogP contribution >= 0.6 is 11.6 Å². The standard InChI is InChI=1S/C26H28ClNO6S/c1-25(2,3)34-24(30)28-21-12-11-17(27)15-20(21)19-13-16(14-22(19)28)26(4,23(29)33-5)35(31,32)18-9-7-6-8-10-18/h6-12,15-16H,13-14H2,1-5H3. The number of methoxy groups -OCH3 is 1. The fourth-order valence-electron chi connectivity index (χ4n) is 4.82. The molecule has 0 aliphatic heterocycles. The number of carbonyl (C=O) groups is 2. The maximum absolute atomic E-state index is 13.8. The molecular weight excluding hydrogens is 490 g/mol. The maximum atomic E-state index is 13.8. The summed E-state index contributed by atoms with van der Waals surface area (Å²) in [6.07, 6.45) is -0.157. The topological polar surface area (TPSA) is 91.7 Å². The Labute approximate surface area is 209 Å². The summed E-state index contributed by atoms with van der Waals surface area (Å²) in [5, 5.41) is 1.21. The zero-order valence-corrected chi connectivity index (χ0v) is 21.9. The zero-order chi connectivity index (χ0) is 25.8. The van der Waals surface area contributed by atoms with Gasteiger partial charge in [-0.25, -0.2) is 17.8 Å². The van der Waals surface area contributed by atoms with E-state index in [1.807, 2.05) is 0 Å². The maximum Gasteiger partial charge on any atom is 0.419 e. The van der Waals surface area contributed by atoms with E-state index >= 15 is 0 Å². The van der Waals surface area contributed by atoms with Crippen LogP contribution < -0.4 is 0 Å². The van der Waals surface area contributed by atoms with Gasteiger partial charge in [0.15, 0.2) is 14.6 Å². The molecule has 2 aromatic carbocycles. The molecule has 1 aliphatic rings. The van der Waals surface area contributed by atoms with Crippen molar-refractivity contribution in [2.45, 2.75) is 55.8 Å². The number of ether oxygens (including phenoxy) is 2. The Morgan fingerprint density at radius 2 is 1.69 bits per heavy atom. The Bertz CT molecular complexity index is 1420. The fourth-order valence-corrected chi connectivity index (χ4v) is 6.91. The van der Waals surface area contributed by atoms with Gasteiger partial charge in [-0.3, -0.25) is 4.79 Å². The van der Waals surface area contributed by atoms with Crippen LogP contribution in [0.2, 0.25) is 5.02 Å². The Morgan fingerprint density at radius 1 is 1.03 bits per heavy atom. The van der Waals surface area contributed by atoms with Gasteiger partial charge < -0.3 is 9.47 Å². The second-order valence-electron chi connectivity index (χ2n) is 9.92. The van der Waals surface area contributed by atoms with Crippen LogP contribution in [-0.2, 0) is 36.9 Å². The van der Waals surface area contributed by atoms with Gasteiger partial charge in [0.05, 0.1) is 17.5 Å². The van der Waals surface area contributed by atoms with Crippen LogP contribution in [0.15, 0.2) is 53.4 Å². The fraction of sp³-hybridized carbons (Fsp3) is 0.385. The quantitative estimate of drug-likeness (QED) is 0.442. The molecule has 1 heterocycles. The summed E-state index contributed by atoms with van der Waals surface area (Å²) in [4.78, 5) is 26.4. The van der Waals surface area contributed by atoms with Crippen molar-refractivity contribution >= 4 is 44.4 Å². The number of rotatable bonds is 4. The average Bonchev–Trinajstić information content (AvgIpc) is 3.34. The van der Waals surface area contributed by atoms with Gasteiger partial charge >= 0.3 is 12.1 Å². The molecule has 0 fully saturated rings. The van der Waals surface area contributed by atoms with E-state index in [0.717, 1.165) is 10.9 Å². The number of hydrogen-bond acceptors (Lipinski definition) is 6. The van der Waals surface area contributed by atoms with E-state index in [-0.39, 0.29) is 17.7 Å². The largest absolute Gasteiger partial charge is 0.468 e. The Hall–Kier alpha value is -2.84. The molecule has 0 N–H and O–H groups in total. The van der Waals surface area contributed by atoms with Crippen molar-refractivity contribution in [2.75, 3.05) is 7.11 Å². The van der Waals surface area contributed by atoms with Crippen molar-refractivity contribution < 1.29 is 27.5 Å². The predicted molar refractivity (Wildman–Crippen MR) is 134 cm³/mol. The Kier molecular flexibility index (Phi) is 6.26. The summed E-state index contributed by atoms with van der Waals surface area (Å²) in [6.45, 7) is 6.73. The number of fused-ring (bicyclic) bond motifs is 3. The lowest BCUT2D eigenvalue weighted by atomic mass is 9.90. The minimum absolute atomic E-state index is 0.0346. The minimum Gasteiger partial charge on any atom is -0.468 e. The highest BCUT2D eigenvalue weighted by Gasteiger charge is 2.56. The first-order chi connectivity index (χ1) is 16.3. The molecule has 1 aromatic heterocycles. The van der Waals surface area contributed by atoms with E-state index in [2.05, 4.69) is 0 Å². The van der Waals surface area contributed by atoms with E-state index < -0.39 is 38.2 Å². The van der Waals surface area contributed by atoms with Gasteiger partial charge in [0, 0.05) is 16.1 Å². The third-order valence-electron chi connectivity index (χ3n) is 6.59. The molecule has 0 saturated heterocycles.